The molecule has 2 fully saturated rings. The average Bonchev–Trinajstić information content (AvgIpc) is 2.89. The van der Waals surface area contributed by atoms with Gasteiger partial charge in [-0.1, -0.05) is 44.2 Å². The second kappa shape index (κ2) is 14.4. The number of carbonyl (C=O) groups excluding carboxylic acids is 1. The Kier molecular flexibility index (Phi) is 11.7. The van der Waals surface area contributed by atoms with Gasteiger partial charge >= 0.3 is 0 Å². The van der Waals surface area contributed by atoms with Crippen LogP contribution in [-0.4, -0.2) is 56.3 Å². The van der Waals surface area contributed by atoms with Gasteiger partial charge in [-0.05, 0) is 88.1 Å². The van der Waals surface area contributed by atoms with Crippen molar-refractivity contribution in [1.82, 2.24) is 10.2 Å². The van der Waals surface area contributed by atoms with Gasteiger partial charge in [0.2, 0.25) is 5.91 Å². The van der Waals surface area contributed by atoms with Crippen molar-refractivity contribution in [3.63, 3.8) is 0 Å². The molecule has 1 saturated heterocycles. The van der Waals surface area contributed by atoms with Crippen molar-refractivity contribution in [2.45, 2.75) is 89.6 Å². The van der Waals surface area contributed by atoms with Gasteiger partial charge in [0, 0.05) is 39.1 Å². The molecule has 0 unspecified atom stereocenters. The van der Waals surface area contributed by atoms with Gasteiger partial charge in [0.15, 0.2) is 0 Å². The zero-order chi connectivity index (χ0) is 26.0. The number of amides is 1. The molecule has 1 amide bonds. The standard InChI is InChI=1S/C30H49FN2O3/c1-23-13-14-26(20-28(23)31)30(35,15-7-8-17-36-3)27-12-9-16-33(22-27)29(34)19-25(21-32-2)18-24-10-5-4-6-11-24/h13-14,20,24-25,27,32,35H,4-12,15-19,21-22H2,1-3H3/t25-,27-,30+/m1/s1. The Morgan fingerprint density at radius 1 is 1.22 bits per heavy atom. The molecule has 1 aromatic rings. The van der Waals surface area contributed by atoms with E-state index in [2.05, 4.69) is 5.32 Å². The van der Waals surface area contributed by atoms with Crippen LogP contribution in [0.3, 0.4) is 0 Å². The third-order valence-electron chi connectivity index (χ3n) is 8.63. The maximum Gasteiger partial charge on any atom is 0.222 e. The quantitative estimate of drug-likeness (QED) is 0.345. The zero-order valence-corrected chi connectivity index (χ0v) is 22.9. The van der Waals surface area contributed by atoms with Gasteiger partial charge in [0.25, 0.3) is 0 Å². The number of likely N-dealkylation sites (tertiary alicyclic amines) is 1. The summed E-state index contributed by atoms with van der Waals surface area (Å²) >= 11 is 0. The molecule has 1 aliphatic carbocycles. The van der Waals surface area contributed by atoms with Crippen LogP contribution < -0.4 is 5.32 Å². The third kappa shape index (κ3) is 8.00. The molecule has 1 aliphatic heterocycles. The van der Waals surface area contributed by atoms with Crippen molar-refractivity contribution in [2.24, 2.45) is 17.8 Å². The van der Waals surface area contributed by atoms with Crippen LogP contribution in [0.5, 0.6) is 0 Å². The number of benzene rings is 1. The Morgan fingerprint density at radius 3 is 2.69 bits per heavy atom. The van der Waals surface area contributed by atoms with Gasteiger partial charge < -0.3 is 20.1 Å². The second-order valence-corrected chi connectivity index (χ2v) is 11.4. The molecule has 0 spiro atoms. The molecular formula is C30H49FN2O3. The van der Waals surface area contributed by atoms with E-state index in [9.17, 15) is 14.3 Å². The number of piperidine rings is 1. The fraction of sp³-hybridized carbons (Fsp3) is 0.767. The minimum atomic E-state index is -1.16. The molecule has 3 atom stereocenters. The summed E-state index contributed by atoms with van der Waals surface area (Å²) < 4.78 is 19.7. The number of ether oxygens (including phenoxy) is 1. The Labute approximate surface area is 218 Å². The zero-order valence-electron chi connectivity index (χ0n) is 22.9. The van der Waals surface area contributed by atoms with Crippen molar-refractivity contribution in [2.75, 3.05) is 40.4 Å². The Balaban J connectivity index is 1.70. The second-order valence-electron chi connectivity index (χ2n) is 11.4. The summed E-state index contributed by atoms with van der Waals surface area (Å²) in [6, 6.07) is 5.12. The summed E-state index contributed by atoms with van der Waals surface area (Å²) in [4.78, 5) is 15.4. The van der Waals surface area contributed by atoms with Crippen LogP contribution in [0, 0.1) is 30.5 Å². The number of halogens is 1. The van der Waals surface area contributed by atoms with Crippen molar-refractivity contribution in [3.8, 4) is 0 Å². The fourth-order valence-electron chi connectivity index (χ4n) is 6.48. The van der Waals surface area contributed by atoms with E-state index >= 15 is 0 Å². The molecule has 3 rings (SSSR count). The number of hydrogen-bond acceptors (Lipinski definition) is 4. The third-order valence-corrected chi connectivity index (χ3v) is 8.63. The fourth-order valence-corrected chi connectivity index (χ4v) is 6.48. The molecular weight excluding hydrogens is 455 g/mol. The SMILES string of the molecule is CNC[C@@H](CC(=O)N1CCC[C@@H]([C@](O)(CCCCOC)c2ccc(C)c(F)c2)C1)CC1CCCCC1. The maximum absolute atomic E-state index is 14.5. The van der Waals surface area contributed by atoms with Crippen LogP contribution >= 0.6 is 0 Å². The highest BCUT2D eigenvalue weighted by Gasteiger charge is 2.41. The first-order valence-electron chi connectivity index (χ1n) is 14.3. The van der Waals surface area contributed by atoms with Crippen molar-refractivity contribution >= 4 is 5.91 Å². The van der Waals surface area contributed by atoms with E-state index in [1.54, 1.807) is 20.1 Å². The van der Waals surface area contributed by atoms with Crippen LogP contribution in [0.25, 0.3) is 0 Å². The van der Waals surface area contributed by atoms with Crippen molar-refractivity contribution in [1.29, 1.82) is 0 Å². The molecule has 0 aromatic heterocycles. The highest BCUT2D eigenvalue weighted by molar-refractivity contribution is 5.76. The van der Waals surface area contributed by atoms with Gasteiger partial charge in [-0.25, -0.2) is 4.39 Å². The molecule has 1 saturated carbocycles. The summed E-state index contributed by atoms with van der Waals surface area (Å²) in [6.45, 7) is 4.53. The highest BCUT2D eigenvalue weighted by Crippen LogP contribution is 2.40. The van der Waals surface area contributed by atoms with E-state index in [1.807, 2.05) is 18.0 Å². The van der Waals surface area contributed by atoms with Crippen LogP contribution in [0.2, 0.25) is 0 Å². The smallest absolute Gasteiger partial charge is 0.222 e. The number of nitrogens with zero attached hydrogens (tertiary/aromatic N) is 1. The minimum Gasteiger partial charge on any atom is -0.385 e. The number of aryl methyl sites for hydroxylation is 1. The lowest BCUT2D eigenvalue weighted by Crippen LogP contribution is -2.48. The molecule has 1 heterocycles. The lowest BCUT2D eigenvalue weighted by molar-refractivity contribution is -0.138. The molecule has 0 bridgehead atoms. The summed E-state index contributed by atoms with van der Waals surface area (Å²) in [5.74, 6) is 0.899. The number of nitrogens with one attached hydrogen (secondary N) is 1. The molecule has 0 radical (unpaired) electrons. The number of aliphatic hydroxyl groups is 1. The van der Waals surface area contributed by atoms with E-state index in [0.29, 0.717) is 43.0 Å². The van der Waals surface area contributed by atoms with E-state index in [4.69, 9.17) is 4.74 Å². The van der Waals surface area contributed by atoms with Crippen LogP contribution in [0.1, 0.15) is 88.2 Å². The molecule has 6 heteroatoms. The first-order chi connectivity index (χ1) is 17.4. The lowest BCUT2D eigenvalue weighted by Gasteiger charge is -2.43. The van der Waals surface area contributed by atoms with Crippen molar-refractivity contribution in [3.05, 3.63) is 35.1 Å². The average molecular weight is 505 g/mol. The van der Waals surface area contributed by atoms with Gasteiger partial charge in [0.05, 0.1) is 5.60 Å². The molecule has 2 aliphatic rings. The molecule has 1 aromatic carbocycles. The van der Waals surface area contributed by atoms with Crippen LogP contribution in [0.15, 0.2) is 18.2 Å². The largest absolute Gasteiger partial charge is 0.385 e. The van der Waals surface area contributed by atoms with E-state index in [0.717, 1.165) is 51.1 Å². The maximum atomic E-state index is 14.5. The van der Waals surface area contributed by atoms with Crippen LogP contribution in [-0.2, 0) is 15.1 Å². The first kappa shape index (κ1) is 29.1. The van der Waals surface area contributed by atoms with E-state index < -0.39 is 5.60 Å². The van der Waals surface area contributed by atoms with Gasteiger partial charge in [0.1, 0.15) is 5.82 Å². The van der Waals surface area contributed by atoms with E-state index in [1.165, 1.54) is 38.2 Å². The van der Waals surface area contributed by atoms with Gasteiger partial charge in [-0.3, -0.25) is 4.79 Å². The summed E-state index contributed by atoms with van der Waals surface area (Å²) in [5, 5.41) is 15.4. The number of unbranched alkanes of at least 4 members (excludes halogenated alkanes) is 1. The lowest BCUT2D eigenvalue weighted by atomic mass is 9.73. The highest BCUT2D eigenvalue weighted by atomic mass is 19.1. The van der Waals surface area contributed by atoms with Gasteiger partial charge in [-0.15, -0.1) is 0 Å². The van der Waals surface area contributed by atoms with Crippen LogP contribution in [0.4, 0.5) is 4.39 Å². The predicted molar refractivity (Wildman–Crippen MR) is 143 cm³/mol. The summed E-state index contributed by atoms with van der Waals surface area (Å²) in [6.07, 6.45) is 12.1. The number of hydrogen-bond donors (Lipinski definition) is 2. The number of carbonyl (C=O) groups is 1. The van der Waals surface area contributed by atoms with E-state index in [-0.39, 0.29) is 17.6 Å². The Hall–Kier alpha value is -1.50. The molecule has 2 N–H and O–H groups in total. The Bertz CT molecular complexity index is 813. The topological polar surface area (TPSA) is 61.8 Å². The molecule has 204 valence electrons. The molecule has 36 heavy (non-hydrogen) atoms. The first-order valence-corrected chi connectivity index (χ1v) is 14.3. The number of methoxy groups -OCH3 is 1. The normalized spacial score (nSPS) is 21.8. The monoisotopic (exact) mass is 504 g/mol. The predicted octanol–water partition coefficient (Wildman–Crippen LogP) is 5.57. The molecule has 5 nitrogen and oxygen atoms in total. The summed E-state index contributed by atoms with van der Waals surface area (Å²) in [5.41, 5.74) is 0.0513. The van der Waals surface area contributed by atoms with Gasteiger partial charge in [-0.2, -0.15) is 0 Å². The van der Waals surface area contributed by atoms with Crippen molar-refractivity contribution < 1.29 is 19.0 Å². The summed E-state index contributed by atoms with van der Waals surface area (Å²) in [7, 11) is 3.65. The minimum absolute atomic E-state index is 0.110. The Morgan fingerprint density at radius 2 is 2.00 bits per heavy atom. The number of rotatable bonds is 13.